The number of carboxylic acid groups (broad SMARTS) is 1. The molecule has 0 aliphatic rings. The summed E-state index contributed by atoms with van der Waals surface area (Å²) in [6.07, 6.45) is 1.77. The summed E-state index contributed by atoms with van der Waals surface area (Å²) in [4.78, 5) is 22.8. The molecule has 1 aromatic rings. The number of aryl methyl sites for hydroxylation is 1. The number of nitrogens with zero attached hydrogens (tertiary/aromatic N) is 2. The number of aromatic nitrogens is 2. The molecule has 1 heterocycles. The summed E-state index contributed by atoms with van der Waals surface area (Å²) in [7, 11) is 1.78. The van der Waals surface area contributed by atoms with Gasteiger partial charge < -0.3 is 15.7 Å². The standard InChI is InChI=1S/C12H20N4O3/c1-12(2,3)9(10(17)18)14-11(19)13-7-8-5-6-16(4)15-8/h5-6,9H,7H2,1-4H3,(H,17,18)(H2,13,14,19). The van der Waals surface area contributed by atoms with E-state index in [0.717, 1.165) is 0 Å². The number of rotatable bonds is 4. The lowest BCUT2D eigenvalue weighted by Gasteiger charge is -2.27. The predicted octanol–water partition coefficient (Wildman–Crippen LogP) is 0.719. The third kappa shape index (κ3) is 4.61. The van der Waals surface area contributed by atoms with Crippen LogP contribution in [0.3, 0.4) is 0 Å². The van der Waals surface area contributed by atoms with Gasteiger partial charge in [-0.05, 0) is 11.5 Å². The molecule has 0 bridgehead atoms. The predicted molar refractivity (Wildman–Crippen MR) is 69.5 cm³/mol. The second kappa shape index (κ2) is 5.73. The fourth-order valence-electron chi connectivity index (χ4n) is 1.56. The molecule has 106 valence electrons. The molecule has 0 fully saturated rings. The third-order valence-electron chi connectivity index (χ3n) is 2.59. The smallest absolute Gasteiger partial charge is 0.326 e. The van der Waals surface area contributed by atoms with Crippen LogP contribution in [0.15, 0.2) is 12.3 Å². The molecule has 7 heteroatoms. The Morgan fingerprint density at radius 2 is 2.11 bits per heavy atom. The molecule has 0 aromatic carbocycles. The van der Waals surface area contributed by atoms with E-state index in [2.05, 4.69) is 15.7 Å². The lowest BCUT2D eigenvalue weighted by atomic mass is 9.87. The Bertz CT molecular complexity index is 462. The zero-order valence-corrected chi connectivity index (χ0v) is 11.6. The summed E-state index contributed by atoms with van der Waals surface area (Å²) < 4.78 is 1.63. The second-order valence-electron chi connectivity index (χ2n) is 5.45. The van der Waals surface area contributed by atoms with E-state index in [9.17, 15) is 9.59 Å². The molecule has 3 N–H and O–H groups in total. The minimum Gasteiger partial charge on any atom is -0.480 e. The number of urea groups is 1. The molecular weight excluding hydrogens is 248 g/mol. The highest BCUT2D eigenvalue weighted by molar-refractivity contribution is 5.83. The van der Waals surface area contributed by atoms with Crippen molar-refractivity contribution in [2.75, 3.05) is 0 Å². The van der Waals surface area contributed by atoms with Crippen LogP contribution >= 0.6 is 0 Å². The number of hydrogen-bond acceptors (Lipinski definition) is 3. The minimum atomic E-state index is -1.06. The zero-order chi connectivity index (χ0) is 14.6. The number of hydrogen-bond donors (Lipinski definition) is 3. The van der Waals surface area contributed by atoms with Gasteiger partial charge in [-0.25, -0.2) is 9.59 Å². The number of aliphatic carboxylic acids is 1. The van der Waals surface area contributed by atoms with Gasteiger partial charge in [-0.2, -0.15) is 5.10 Å². The van der Waals surface area contributed by atoms with Gasteiger partial charge in [-0.1, -0.05) is 20.8 Å². The fraction of sp³-hybridized carbons (Fsp3) is 0.583. The SMILES string of the molecule is Cn1ccc(CNC(=O)NC(C(=O)O)C(C)(C)C)n1. The molecule has 0 spiro atoms. The summed E-state index contributed by atoms with van der Waals surface area (Å²) in [5.41, 5.74) is 0.147. The van der Waals surface area contributed by atoms with Gasteiger partial charge in [0.05, 0.1) is 12.2 Å². The average molecular weight is 268 g/mol. The van der Waals surface area contributed by atoms with Crippen molar-refractivity contribution in [3.8, 4) is 0 Å². The van der Waals surface area contributed by atoms with Crippen molar-refractivity contribution < 1.29 is 14.7 Å². The number of amides is 2. The Morgan fingerprint density at radius 1 is 1.47 bits per heavy atom. The molecular formula is C12H20N4O3. The van der Waals surface area contributed by atoms with Crippen LogP contribution in [0.2, 0.25) is 0 Å². The molecule has 2 amide bonds. The van der Waals surface area contributed by atoms with E-state index in [-0.39, 0.29) is 6.54 Å². The Kier molecular flexibility index (Phi) is 4.52. The first-order valence-electron chi connectivity index (χ1n) is 5.96. The molecule has 1 rings (SSSR count). The minimum absolute atomic E-state index is 0.253. The number of nitrogens with one attached hydrogen (secondary N) is 2. The van der Waals surface area contributed by atoms with Gasteiger partial charge >= 0.3 is 12.0 Å². The van der Waals surface area contributed by atoms with Crippen LogP contribution in [-0.4, -0.2) is 32.9 Å². The van der Waals surface area contributed by atoms with Crippen LogP contribution < -0.4 is 10.6 Å². The van der Waals surface area contributed by atoms with Crippen molar-refractivity contribution in [3.05, 3.63) is 18.0 Å². The Labute approximate surface area is 112 Å². The normalized spacial score (nSPS) is 12.8. The lowest BCUT2D eigenvalue weighted by molar-refractivity contribution is -0.141. The van der Waals surface area contributed by atoms with Gasteiger partial charge in [0.15, 0.2) is 0 Å². The molecule has 0 aliphatic carbocycles. The molecule has 1 aromatic heterocycles. The van der Waals surface area contributed by atoms with E-state index in [1.807, 2.05) is 0 Å². The van der Waals surface area contributed by atoms with Crippen LogP contribution in [0.1, 0.15) is 26.5 Å². The van der Waals surface area contributed by atoms with Gasteiger partial charge in [0.2, 0.25) is 0 Å². The van der Waals surface area contributed by atoms with E-state index >= 15 is 0 Å². The maximum Gasteiger partial charge on any atom is 0.326 e. The highest BCUT2D eigenvalue weighted by Crippen LogP contribution is 2.19. The van der Waals surface area contributed by atoms with E-state index < -0.39 is 23.5 Å². The lowest BCUT2D eigenvalue weighted by Crippen LogP contribution is -2.52. The highest BCUT2D eigenvalue weighted by atomic mass is 16.4. The number of carbonyl (C=O) groups excluding carboxylic acids is 1. The van der Waals surface area contributed by atoms with E-state index in [1.54, 1.807) is 44.8 Å². The van der Waals surface area contributed by atoms with Crippen LogP contribution in [0, 0.1) is 5.41 Å². The summed E-state index contributed by atoms with van der Waals surface area (Å²) in [6, 6.07) is 0.308. The first kappa shape index (κ1) is 15.0. The van der Waals surface area contributed by atoms with Crippen molar-refractivity contribution in [2.24, 2.45) is 12.5 Å². The highest BCUT2D eigenvalue weighted by Gasteiger charge is 2.32. The Balaban J connectivity index is 2.52. The molecule has 19 heavy (non-hydrogen) atoms. The molecule has 7 nitrogen and oxygen atoms in total. The quantitative estimate of drug-likeness (QED) is 0.749. The molecule has 0 saturated carbocycles. The van der Waals surface area contributed by atoms with Gasteiger partial charge in [-0.3, -0.25) is 4.68 Å². The van der Waals surface area contributed by atoms with Gasteiger partial charge in [0.1, 0.15) is 6.04 Å². The van der Waals surface area contributed by atoms with Crippen molar-refractivity contribution in [2.45, 2.75) is 33.4 Å². The number of carboxylic acids is 1. The van der Waals surface area contributed by atoms with Gasteiger partial charge in [-0.15, -0.1) is 0 Å². The molecule has 1 atom stereocenters. The van der Waals surface area contributed by atoms with Crippen molar-refractivity contribution in [1.29, 1.82) is 0 Å². The van der Waals surface area contributed by atoms with E-state index in [0.29, 0.717) is 5.69 Å². The van der Waals surface area contributed by atoms with Crippen molar-refractivity contribution >= 4 is 12.0 Å². The average Bonchev–Trinajstić information content (AvgIpc) is 2.67. The Hall–Kier alpha value is -2.05. The first-order valence-corrected chi connectivity index (χ1v) is 5.96. The van der Waals surface area contributed by atoms with E-state index in [1.165, 1.54) is 0 Å². The molecule has 0 aliphatic heterocycles. The molecule has 0 saturated heterocycles. The Morgan fingerprint density at radius 3 is 2.53 bits per heavy atom. The van der Waals surface area contributed by atoms with Crippen LogP contribution in [-0.2, 0) is 18.4 Å². The molecule has 0 radical (unpaired) electrons. The van der Waals surface area contributed by atoms with Crippen molar-refractivity contribution in [1.82, 2.24) is 20.4 Å². The maximum absolute atomic E-state index is 11.7. The second-order valence-corrected chi connectivity index (χ2v) is 5.45. The molecule has 1 unspecified atom stereocenters. The topological polar surface area (TPSA) is 96.2 Å². The van der Waals surface area contributed by atoms with Crippen LogP contribution in [0.4, 0.5) is 4.79 Å². The van der Waals surface area contributed by atoms with Crippen LogP contribution in [0.25, 0.3) is 0 Å². The van der Waals surface area contributed by atoms with Gasteiger partial charge in [0, 0.05) is 13.2 Å². The van der Waals surface area contributed by atoms with E-state index in [4.69, 9.17) is 5.11 Å². The summed E-state index contributed by atoms with van der Waals surface area (Å²) in [5.74, 6) is -1.06. The zero-order valence-electron chi connectivity index (χ0n) is 11.6. The first-order chi connectivity index (χ1) is 8.70. The van der Waals surface area contributed by atoms with Crippen LogP contribution in [0.5, 0.6) is 0 Å². The third-order valence-corrected chi connectivity index (χ3v) is 2.59. The monoisotopic (exact) mass is 268 g/mol. The summed E-state index contributed by atoms with van der Waals surface area (Å²) in [6.45, 7) is 5.52. The van der Waals surface area contributed by atoms with Crippen molar-refractivity contribution in [3.63, 3.8) is 0 Å². The maximum atomic E-state index is 11.7. The summed E-state index contributed by atoms with van der Waals surface area (Å²) >= 11 is 0. The number of carbonyl (C=O) groups is 2. The fourth-order valence-corrected chi connectivity index (χ4v) is 1.56. The largest absolute Gasteiger partial charge is 0.480 e. The van der Waals surface area contributed by atoms with Gasteiger partial charge in [0.25, 0.3) is 0 Å². The summed E-state index contributed by atoms with van der Waals surface area (Å²) in [5, 5.41) is 18.2.